The maximum atomic E-state index is 15.4. The highest BCUT2D eigenvalue weighted by Crippen LogP contribution is 2.37. The highest BCUT2D eigenvalue weighted by Gasteiger charge is 2.42. The molecule has 2 aliphatic rings. The van der Waals surface area contributed by atoms with Crippen LogP contribution in [0.1, 0.15) is 59.4 Å². The van der Waals surface area contributed by atoms with Crippen molar-refractivity contribution in [2.75, 3.05) is 27.2 Å². The van der Waals surface area contributed by atoms with Gasteiger partial charge in [0.25, 0.3) is 0 Å². The summed E-state index contributed by atoms with van der Waals surface area (Å²) in [4.78, 5) is 64.9. The van der Waals surface area contributed by atoms with Crippen molar-refractivity contribution in [1.29, 1.82) is 0 Å². The zero-order chi connectivity index (χ0) is 42.9. The van der Waals surface area contributed by atoms with Crippen LogP contribution in [0.5, 0.6) is 0 Å². The monoisotopic (exact) mass is 825 g/mol. The smallest absolute Gasteiger partial charge is 0.245 e. The van der Waals surface area contributed by atoms with Gasteiger partial charge in [-0.05, 0) is 82.6 Å². The molecule has 2 aromatic heterocycles. The summed E-state index contributed by atoms with van der Waals surface area (Å²) >= 11 is 0. The van der Waals surface area contributed by atoms with Gasteiger partial charge >= 0.3 is 0 Å². The highest BCUT2D eigenvalue weighted by atomic mass is 19.1. The number of amides is 4. The first-order valence-electron chi connectivity index (χ1n) is 20.4. The van der Waals surface area contributed by atoms with Crippen molar-refractivity contribution in [1.82, 2.24) is 45.6 Å². The number of rotatable bonds is 15. The van der Waals surface area contributed by atoms with Gasteiger partial charge in [-0.2, -0.15) is 0 Å². The second-order valence-electron chi connectivity index (χ2n) is 16.2. The lowest BCUT2D eigenvalue weighted by atomic mass is 9.99. The van der Waals surface area contributed by atoms with E-state index in [0.29, 0.717) is 27.7 Å². The third kappa shape index (κ3) is 9.10. The first kappa shape index (κ1) is 43.5. The van der Waals surface area contributed by atoms with E-state index in [1.165, 1.54) is 34.1 Å². The van der Waals surface area contributed by atoms with Crippen LogP contribution in [0.2, 0.25) is 0 Å². The number of carbonyl (C=O) groups is 4. The molecule has 13 nitrogen and oxygen atoms in total. The van der Waals surface area contributed by atoms with Gasteiger partial charge in [0.05, 0.1) is 47.9 Å². The number of likely N-dealkylation sites (tertiary alicyclic amines) is 2. The zero-order valence-electron chi connectivity index (χ0n) is 34.5. The van der Waals surface area contributed by atoms with Gasteiger partial charge in [0, 0.05) is 42.4 Å². The van der Waals surface area contributed by atoms with Crippen LogP contribution in [0.3, 0.4) is 0 Å². The molecule has 0 spiro atoms. The topological polar surface area (TPSA) is 156 Å². The molecule has 0 saturated carbocycles. The van der Waals surface area contributed by atoms with E-state index in [1.807, 2.05) is 0 Å². The van der Waals surface area contributed by atoms with Gasteiger partial charge < -0.3 is 40.6 Å². The van der Waals surface area contributed by atoms with Crippen molar-refractivity contribution in [2.24, 2.45) is 5.92 Å². The number of H-pyrrole nitrogens is 1. The Kier molecular flexibility index (Phi) is 13.3. The van der Waals surface area contributed by atoms with Crippen molar-refractivity contribution >= 4 is 45.6 Å². The molecule has 2 aromatic carbocycles. The first-order chi connectivity index (χ1) is 28.0. The number of aromatic amines is 1. The molecule has 8 atom stereocenters. The minimum absolute atomic E-state index is 0.00958. The Hall–Kier alpha value is -5.03. The minimum Gasteiger partial charge on any atom is -0.352 e. The van der Waals surface area contributed by atoms with Gasteiger partial charge in [-0.15, -0.1) is 0 Å². The molecule has 2 fully saturated rings. The number of hydrogen-bond donors (Lipinski definition) is 5. The number of nitrogens with zero attached hydrogens (tertiary/aromatic N) is 4. The highest BCUT2D eigenvalue weighted by molar-refractivity contribution is 5.93. The molecule has 6 rings (SSSR count). The number of benzene rings is 2. The van der Waals surface area contributed by atoms with E-state index >= 15 is 8.78 Å². The minimum atomic E-state index is -1.36. The fourth-order valence-corrected chi connectivity index (χ4v) is 8.25. The second kappa shape index (κ2) is 18.1. The summed E-state index contributed by atoms with van der Waals surface area (Å²) in [5, 5.41) is 11.9. The van der Waals surface area contributed by atoms with E-state index in [1.54, 1.807) is 65.4 Å². The number of fused-ring (bicyclic) bond motifs is 2. The molecule has 4 amide bonds. The summed E-state index contributed by atoms with van der Waals surface area (Å²) < 4.78 is 62.1. The molecule has 59 heavy (non-hydrogen) atoms. The molecule has 320 valence electrons. The summed E-state index contributed by atoms with van der Waals surface area (Å²) in [6.45, 7) is 8.35. The van der Waals surface area contributed by atoms with Crippen LogP contribution >= 0.6 is 0 Å². The molecule has 1 unspecified atom stereocenters. The number of halogens is 4. The second-order valence-corrected chi connectivity index (χ2v) is 16.2. The number of carbonyl (C=O) groups excluding carboxylic acids is 4. The van der Waals surface area contributed by atoms with Crippen LogP contribution in [0.15, 0.2) is 36.4 Å². The fraction of sp³-hybridized carbons (Fsp3) is 0.548. The van der Waals surface area contributed by atoms with E-state index in [4.69, 9.17) is 4.98 Å². The molecular weight excluding hydrogens is 771 g/mol. The van der Waals surface area contributed by atoms with Crippen LogP contribution in [-0.4, -0.2) is 124 Å². The van der Waals surface area contributed by atoms with E-state index in [0.717, 1.165) is 0 Å². The molecule has 4 heterocycles. The Morgan fingerprint density at radius 3 is 2.05 bits per heavy atom. The van der Waals surface area contributed by atoms with E-state index in [2.05, 4.69) is 26.3 Å². The Morgan fingerprint density at radius 2 is 1.42 bits per heavy atom. The standard InChI is InChI=1S/C42H55F4N9O4/c1-8-32(51-39(56)22(4)47-6)41(58)53-18-26(45)13-28(53)17-31-30-11-9-24(43)15-33(30)49-37(31)38-50-34-16-25(44)10-12-35(34)55(38)20-29-14-27(46)19-54(29)42(59)36(21(2)3)52-40(57)23(5)48-7/h9-12,15-16,21-23,26-29,32,36,47-49H,8,13-14,17-20H2,1-7H3,(H,51,56)(H,52,57)/t22-,23-,26-,27-,28-,29-,32-,36?/m0/s1. The Bertz CT molecular complexity index is 2190. The van der Waals surface area contributed by atoms with Crippen LogP contribution in [0.4, 0.5) is 17.6 Å². The molecule has 0 aliphatic carbocycles. The summed E-state index contributed by atoms with van der Waals surface area (Å²) in [7, 11) is 3.26. The number of imidazole rings is 1. The Balaban J connectivity index is 1.40. The van der Waals surface area contributed by atoms with Gasteiger partial charge in [-0.25, -0.2) is 22.5 Å². The molecule has 2 saturated heterocycles. The lowest BCUT2D eigenvalue weighted by molar-refractivity contribution is -0.139. The van der Waals surface area contributed by atoms with Crippen molar-refractivity contribution < 1.29 is 36.7 Å². The molecule has 2 aliphatic heterocycles. The predicted octanol–water partition coefficient (Wildman–Crippen LogP) is 4.13. The van der Waals surface area contributed by atoms with Crippen molar-refractivity contribution in [3.8, 4) is 11.5 Å². The van der Waals surface area contributed by atoms with Crippen molar-refractivity contribution in [3.05, 3.63) is 53.6 Å². The maximum absolute atomic E-state index is 15.4. The van der Waals surface area contributed by atoms with Crippen molar-refractivity contribution in [3.63, 3.8) is 0 Å². The lowest BCUT2D eigenvalue weighted by Crippen LogP contribution is -2.55. The first-order valence-corrected chi connectivity index (χ1v) is 20.4. The van der Waals surface area contributed by atoms with Gasteiger partial charge in [0.1, 0.15) is 36.1 Å². The van der Waals surface area contributed by atoms with Gasteiger partial charge in [-0.1, -0.05) is 20.8 Å². The SMILES string of the molecule is CC[C@H](NC(=O)[C@H](C)NC)C(=O)N1C[C@@H](F)C[C@H]1Cc1c(-c2nc3cc(F)ccc3n2C[C@@H]2C[C@H](F)CN2C(=O)C(NC(=O)[C@H](C)NC)C(C)C)[nH]c2cc(F)ccc12. The summed E-state index contributed by atoms with van der Waals surface area (Å²) in [6, 6.07) is 3.98. The van der Waals surface area contributed by atoms with Gasteiger partial charge in [0.2, 0.25) is 23.6 Å². The Labute approximate surface area is 341 Å². The summed E-state index contributed by atoms with van der Waals surface area (Å²) in [5.74, 6) is -2.69. The molecule has 0 bridgehead atoms. The molecule has 5 N–H and O–H groups in total. The average Bonchev–Trinajstić information content (AvgIpc) is 3.96. The number of aromatic nitrogens is 3. The fourth-order valence-electron chi connectivity index (χ4n) is 8.25. The number of nitrogens with one attached hydrogen (secondary N) is 5. The molecule has 0 radical (unpaired) electrons. The lowest BCUT2D eigenvalue weighted by Gasteiger charge is -2.32. The van der Waals surface area contributed by atoms with Gasteiger partial charge in [-0.3, -0.25) is 19.2 Å². The number of alkyl halides is 2. The van der Waals surface area contributed by atoms with E-state index in [-0.39, 0.29) is 74.4 Å². The van der Waals surface area contributed by atoms with Crippen LogP contribution < -0.4 is 21.3 Å². The van der Waals surface area contributed by atoms with Crippen LogP contribution in [0.25, 0.3) is 33.5 Å². The third-order valence-corrected chi connectivity index (χ3v) is 11.8. The number of hydrogen-bond acceptors (Lipinski definition) is 7. The normalized spacial score (nSPS) is 21.6. The largest absolute Gasteiger partial charge is 0.352 e. The van der Waals surface area contributed by atoms with Crippen LogP contribution in [-0.2, 0) is 32.1 Å². The molecule has 4 aromatic rings. The third-order valence-electron chi connectivity index (χ3n) is 11.8. The molecule has 17 heteroatoms. The van der Waals surface area contributed by atoms with Crippen LogP contribution in [0, 0.1) is 17.6 Å². The predicted molar refractivity (Wildman–Crippen MR) is 217 cm³/mol. The van der Waals surface area contributed by atoms with Gasteiger partial charge in [0.15, 0.2) is 5.82 Å². The van der Waals surface area contributed by atoms with Crippen molar-refractivity contribution in [2.45, 2.75) is 115 Å². The Morgan fingerprint density at radius 1 is 0.831 bits per heavy atom. The number of likely N-dealkylation sites (N-methyl/N-ethyl adjacent to an activating group) is 2. The average molecular weight is 826 g/mol. The zero-order valence-corrected chi connectivity index (χ0v) is 34.5. The summed E-state index contributed by atoms with van der Waals surface area (Å²) in [5.41, 5.74) is 2.16. The molecular formula is C42H55F4N9O4. The summed E-state index contributed by atoms with van der Waals surface area (Å²) in [6.07, 6.45) is -2.31. The maximum Gasteiger partial charge on any atom is 0.245 e. The van der Waals surface area contributed by atoms with E-state index in [9.17, 15) is 28.0 Å². The van der Waals surface area contributed by atoms with E-state index < -0.39 is 72.0 Å². The quantitative estimate of drug-likeness (QED) is 0.113.